The maximum atomic E-state index is 13.6. The highest BCUT2D eigenvalue weighted by Gasteiger charge is 2.46. The normalized spacial score (nSPS) is 19.8. The van der Waals surface area contributed by atoms with Crippen LogP contribution in [-0.2, 0) is 29.8 Å². The average molecular weight is 598 g/mol. The van der Waals surface area contributed by atoms with E-state index in [9.17, 15) is 54.2 Å². The molecule has 15 heteroatoms. The van der Waals surface area contributed by atoms with Crippen LogP contribution in [0.5, 0.6) is 0 Å². The van der Waals surface area contributed by atoms with Crippen molar-refractivity contribution in [1.82, 2.24) is 4.90 Å². The smallest absolute Gasteiger partial charge is 0.416 e. The van der Waals surface area contributed by atoms with Crippen LogP contribution in [0.4, 0.5) is 54.8 Å². The predicted molar refractivity (Wildman–Crippen MR) is 125 cm³/mol. The molecular weight excluding hydrogens is 575 g/mol. The largest absolute Gasteiger partial charge is 0.465 e. The van der Waals surface area contributed by atoms with Gasteiger partial charge >= 0.3 is 30.7 Å². The van der Waals surface area contributed by atoms with Crippen LogP contribution in [-0.4, -0.2) is 35.3 Å². The standard InChI is InChI=1S/C26H23F9N2O4/c1-41-23(40)36(12-13-7-16(25(30,31)32)9-17(8-13)26(33,34)35)21-11-20(14-3-2-4-14)37(22(38)39)19-6-5-15(10-18(19)21)24(27,28)29/h5-10,14,20-21H,2-4,11-12H2,1H3,(H,38,39). The zero-order chi connectivity index (χ0) is 30.5. The molecule has 2 atom stereocenters. The lowest BCUT2D eigenvalue weighted by Crippen LogP contribution is -2.52. The molecule has 2 amide bonds. The van der Waals surface area contributed by atoms with E-state index in [1.54, 1.807) is 0 Å². The van der Waals surface area contributed by atoms with Gasteiger partial charge in [0.15, 0.2) is 0 Å². The number of hydrogen-bond donors (Lipinski definition) is 1. The van der Waals surface area contributed by atoms with Crippen molar-refractivity contribution >= 4 is 17.9 Å². The van der Waals surface area contributed by atoms with Gasteiger partial charge in [-0.3, -0.25) is 9.80 Å². The summed E-state index contributed by atoms with van der Waals surface area (Å²) in [5.41, 5.74) is -5.53. The molecule has 1 aliphatic carbocycles. The second kappa shape index (κ2) is 10.6. The number of halogens is 9. The third-order valence-electron chi connectivity index (χ3n) is 7.46. The van der Waals surface area contributed by atoms with Gasteiger partial charge in [-0.15, -0.1) is 0 Å². The van der Waals surface area contributed by atoms with E-state index in [2.05, 4.69) is 0 Å². The number of methoxy groups -OCH3 is 1. The number of fused-ring (bicyclic) bond motifs is 1. The van der Waals surface area contributed by atoms with Crippen LogP contribution in [0, 0.1) is 5.92 Å². The monoisotopic (exact) mass is 598 g/mol. The van der Waals surface area contributed by atoms with Gasteiger partial charge in [-0.2, -0.15) is 39.5 Å². The lowest BCUT2D eigenvalue weighted by Gasteiger charge is -2.48. The first-order valence-corrected chi connectivity index (χ1v) is 12.3. The van der Waals surface area contributed by atoms with E-state index < -0.39 is 71.6 Å². The summed E-state index contributed by atoms with van der Waals surface area (Å²) in [6, 6.07) is 0.776. The summed E-state index contributed by atoms with van der Waals surface area (Å²) >= 11 is 0. The van der Waals surface area contributed by atoms with Gasteiger partial charge in [0.05, 0.1) is 35.5 Å². The van der Waals surface area contributed by atoms with Gasteiger partial charge in [-0.25, -0.2) is 9.59 Å². The number of ether oxygens (including phenoxy) is 1. The van der Waals surface area contributed by atoms with Crippen LogP contribution in [0.25, 0.3) is 0 Å². The summed E-state index contributed by atoms with van der Waals surface area (Å²) in [6.07, 6.45) is -16.3. The Morgan fingerprint density at radius 1 is 0.902 bits per heavy atom. The van der Waals surface area contributed by atoms with E-state index in [1.165, 1.54) is 0 Å². The molecule has 224 valence electrons. The van der Waals surface area contributed by atoms with Crippen molar-refractivity contribution in [2.45, 2.75) is 62.8 Å². The van der Waals surface area contributed by atoms with Crippen LogP contribution < -0.4 is 4.90 Å². The summed E-state index contributed by atoms with van der Waals surface area (Å²) in [4.78, 5) is 26.9. The van der Waals surface area contributed by atoms with Crippen LogP contribution in [0.2, 0.25) is 0 Å². The van der Waals surface area contributed by atoms with E-state index in [1.807, 2.05) is 0 Å². The number of rotatable bonds is 4. The Balaban J connectivity index is 1.88. The van der Waals surface area contributed by atoms with E-state index in [4.69, 9.17) is 4.74 Å². The molecule has 2 aromatic rings. The van der Waals surface area contributed by atoms with Gasteiger partial charge < -0.3 is 9.84 Å². The number of carbonyl (C=O) groups is 2. The first-order valence-electron chi connectivity index (χ1n) is 12.3. The number of alkyl halides is 9. The highest BCUT2D eigenvalue weighted by Crippen LogP contribution is 2.48. The fraction of sp³-hybridized carbons (Fsp3) is 0.462. The van der Waals surface area contributed by atoms with E-state index in [-0.39, 0.29) is 29.7 Å². The molecule has 1 aliphatic heterocycles. The first-order chi connectivity index (χ1) is 18.9. The fourth-order valence-corrected chi connectivity index (χ4v) is 5.35. The molecule has 4 rings (SSSR count). The molecule has 0 spiro atoms. The summed E-state index contributed by atoms with van der Waals surface area (Å²) in [5.74, 6) is -0.228. The van der Waals surface area contributed by atoms with Crippen LogP contribution >= 0.6 is 0 Å². The number of benzene rings is 2. The van der Waals surface area contributed by atoms with E-state index in [0.29, 0.717) is 37.1 Å². The lowest BCUT2D eigenvalue weighted by atomic mass is 9.74. The Morgan fingerprint density at radius 2 is 1.46 bits per heavy atom. The molecule has 2 unspecified atom stereocenters. The average Bonchev–Trinajstić information content (AvgIpc) is 2.83. The number of hydrogen-bond acceptors (Lipinski definition) is 3. The topological polar surface area (TPSA) is 70.1 Å². The Labute approximate surface area is 227 Å². The molecule has 0 saturated heterocycles. The Bertz CT molecular complexity index is 1290. The third-order valence-corrected chi connectivity index (χ3v) is 7.46. The zero-order valence-corrected chi connectivity index (χ0v) is 21.2. The van der Waals surface area contributed by atoms with Gasteiger partial charge in [-0.1, -0.05) is 6.42 Å². The van der Waals surface area contributed by atoms with Crippen LogP contribution in [0.15, 0.2) is 36.4 Å². The Hall–Kier alpha value is -3.65. The predicted octanol–water partition coefficient (Wildman–Crippen LogP) is 8.11. The second-order valence-electron chi connectivity index (χ2n) is 9.95. The molecule has 2 aliphatic rings. The minimum Gasteiger partial charge on any atom is -0.465 e. The zero-order valence-electron chi connectivity index (χ0n) is 21.2. The Kier molecular flexibility index (Phi) is 7.86. The summed E-state index contributed by atoms with van der Waals surface area (Å²) < 4.78 is 127. The molecule has 6 nitrogen and oxygen atoms in total. The number of carboxylic acid groups (broad SMARTS) is 1. The number of nitrogens with zero attached hydrogens (tertiary/aromatic N) is 2. The fourth-order valence-electron chi connectivity index (χ4n) is 5.35. The summed E-state index contributed by atoms with van der Waals surface area (Å²) in [5, 5.41) is 9.97. The van der Waals surface area contributed by atoms with Gasteiger partial charge in [0.25, 0.3) is 0 Å². The van der Waals surface area contributed by atoms with Crippen LogP contribution in [0.1, 0.15) is 59.5 Å². The minimum atomic E-state index is -5.18. The molecule has 2 aromatic carbocycles. The quantitative estimate of drug-likeness (QED) is 0.361. The van der Waals surface area contributed by atoms with Gasteiger partial charge in [0, 0.05) is 12.6 Å². The maximum absolute atomic E-state index is 13.6. The molecule has 0 aromatic heterocycles. The molecule has 1 saturated carbocycles. The van der Waals surface area contributed by atoms with Crippen molar-refractivity contribution in [2.75, 3.05) is 12.0 Å². The highest BCUT2D eigenvalue weighted by molar-refractivity contribution is 5.89. The summed E-state index contributed by atoms with van der Waals surface area (Å²) in [7, 11) is 0.894. The van der Waals surface area contributed by atoms with E-state index in [0.717, 1.165) is 29.4 Å². The summed E-state index contributed by atoms with van der Waals surface area (Å²) in [6.45, 7) is -0.898. The molecule has 1 fully saturated rings. The van der Waals surface area contributed by atoms with Crippen molar-refractivity contribution in [2.24, 2.45) is 5.92 Å². The number of amides is 2. The molecule has 1 N–H and O–H groups in total. The van der Waals surface area contributed by atoms with Crippen molar-refractivity contribution in [1.29, 1.82) is 0 Å². The van der Waals surface area contributed by atoms with Gasteiger partial charge in [0.2, 0.25) is 0 Å². The third kappa shape index (κ3) is 6.17. The molecular formula is C26H23F9N2O4. The van der Waals surface area contributed by atoms with Crippen molar-refractivity contribution in [3.8, 4) is 0 Å². The SMILES string of the molecule is COC(=O)N(Cc1cc(C(F)(F)F)cc(C(F)(F)F)c1)C1CC(C2CCC2)N(C(=O)O)c2ccc(C(F)(F)F)cc21. The van der Waals surface area contributed by atoms with Gasteiger partial charge in [0.1, 0.15) is 0 Å². The molecule has 0 bridgehead atoms. The van der Waals surface area contributed by atoms with Crippen molar-refractivity contribution in [3.63, 3.8) is 0 Å². The lowest BCUT2D eigenvalue weighted by molar-refractivity contribution is -0.143. The number of anilines is 1. The minimum absolute atomic E-state index is 0.0884. The molecule has 41 heavy (non-hydrogen) atoms. The second-order valence-corrected chi connectivity index (χ2v) is 9.95. The number of carbonyl (C=O) groups excluding carboxylic acids is 1. The first kappa shape index (κ1) is 30.3. The van der Waals surface area contributed by atoms with Crippen molar-refractivity contribution in [3.05, 3.63) is 64.2 Å². The molecule has 0 radical (unpaired) electrons. The van der Waals surface area contributed by atoms with Crippen LogP contribution in [0.3, 0.4) is 0 Å². The Morgan fingerprint density at radius 3 is 1.90 bits per heavy atom. The van der Waals surface area contributed by atoms with E-state index >= 15 is 0 Å². The maximum Gasteiger partial charge on any atom is 0.416 e. The molecule has 1 heterocycles. The highest BCUT2D eigenvalue weighted by atomic mass is 19.4. The van der Waals surface area contributed by atoms with Crippen molar-refractivity contribution < 1.29 is 58.9 Å². The van der Waals surface area contributed by atoms with Gasteiger partial charge in [-0.05, 0) is 72.7 Å².